The van der Waals surface area contributed by atoms with Gasteiger partial charge in [0.05, 0.1) is 7.11 Å². The maximum absolute atomic E-state index is 11.1. The van der Waals surface area contributed by atoms with Gasteiger partial charge in [-0.1, -0.05) is 6.92 Å². The molecule has 0 spiro atoms. The third-order valence-corrected chi connectivity index (χ3v) is 1.89. The normalized spacial score (nSPS) is 9.64. The van der Waals surface area contributed by atoms with E-state index in [4.69, 9.17) is 4.74 Å². The van der Waals surface area contributed by atoms with Crippen LogP contribution in [-0.4, -0.2) is 13.0 Å². The van der Waals surface area contributed by atoms with E-state index in [1.165, 1.54) is 0 Å². The summed E-state index contributed by atoms with van der Waals surface area (Å²) in [5.41, 5.74) is 1.85. The third-order valence-electron chi connectivity index (χ3n) is 1.89. The van der Waals surface area contributed by atoms with E-state index in [1.807, 2.05) is 26.0 Å². The molecule has 0 saturated carbocycles. The molecule has 1 aromatic rings. The highest BCUT2D eigenvalue weighted by atomic mass is 16.5. The summed E-state index contributed by atoms with van der Waals surface area (Å²) in [4.78, 5) is 11.1. The van der Waals surface area contributed by atoms with Crippen LogP contribution in [0.15, 0.2) is 18.2 Å². The second-order valence-electron chi connectivity index (χ2n) is 3.14. The summed E-state index contributed by atoms with van der Waals surface area (Å²) >= 11 is 0. The van der Waals surface area contributed by atoms with Gasteiger partial charge in [0.15, 0.2) is 0 Å². The highest BCUT2D eigenvalue weighted by molar-refractivity contribution is 5.90. The maximum atomic E-state index is 11.1. The number of hydrogen-bond donors (Lipinski definition) is 1. The lowest BCUT2D eigenvalue weighted by molar-refractivity contribution is -0.115. The van der Waals surface area contributed by atoms with Crippen molar-refractivity contribution in [3.63, 3.8) is 0 Å². The lowest BCUT2D eigenvalue weighted by atomic mass is 10.2. The van der Waals surface area contributed by atoms with Crippen LogP contribution in [0.3, 0.4) is 0 Å². The SMILES string of the molecule is CCC(=O)Nc1cc(C)cc(OC)c1. The molecule has 0 aliphatic carbocycles. The minimum absolute atomic E-state index is 0.0117. The first-order valence-corrected chi connectivity index (χ1v) is 4.61. The monoisotopic (exact) mass is 193 g/mol. The predicted molar refractivity (Wildman–Crippen MR) is 56.7 cm³/mol. The van der Waals surface area contributed by atoms with Crippen LogP contribution in [0.2, 0.25) is 0 Å². The zero-order chi connectivity index (χ0) is 10.6. The van der Waals surface area contributed by atoms with Crippen molar-refractivity contribution in [2.24, 2.45) is 0 Å². The largest absolute Gasteiger partial charge is 0.497 e. The number of anilines is 1. The Morgan fingerprint density at radius 1 is 1.43 bits per heavy atom. The first kappa shape index (κ1) is 10.6. The first-order valence-electron chi connectivity index (χ1n) is 4.61. The molecule has 1 aromatic carbocycles. The van der Waals surface area contributed by atoms with Gasteiger partial charge in [0.25, 0.3) is 0 Å². The second-order valence-corrected chi connectivity index (χ2v) is 3.14. The fraction of sp³-hybridized carbons (Fsp3) is 0.364. The van der Waals surface area contributed by atoms with Crippen molar-refractivity contribution in [1.82, 2.24) is 0 Å². The van der Waals surface area contributed by atoms with Crippen LogP contribution in [0.1, 0.15) is 18.9 Å². The molecule has 0 heterocycles. The smallest absolute Gasteiger partial charge is 0.224 e. The van der Waals surface area contributed by atoms with E-state index in [1.54, 1.807) is 13.2 Å². The van der Waals surface area contributed by atoms with E-state index in [0.29, 0.717) is 6.42 Å². The van der Waals surface area contributed by atoms with Crippen LogP contribution < -0.4 is 10.1 Å². The number of carbonyl (C=O) groups is 1. The van der Waals surface area contributed by atoms with Crippen LogP contribution in [0.25, 0.3) is 0 Å². The van der Waals surface area contributed by atoms with Gasteiger partial charge in [0.1, 0.15) is 5.75 Å². The van der Waals surface area contributed by atoms with Gasteiger partial charge in [-0.15, -0.1) is 0 Å². The number of methoxy groups -OCH3 is 1. The average Bonchev–Trinajstić information content (AvgIpc) is 2.16. The number of rotatable bonds is 3. The Morgan fingerprint density at radius 3 is 2.71 bits per heavy atom. The zero-order valence-electron chi connectivity index (χ0n) is 8.76. The van der Waals surface area contributed by atoms with E-state index in [-0.39, 0.29) is 5.91 Å². The number of nitrogens with one attached hydrogen (secondary N) is 1. The van der Waals surface area contributed by atoms with Crippen LogP contribution in [0, 0.1) is 6.92 Å². The molecule has 1 N–H and O–H groups in total. The summed E-state index contributed by atoms with van der Waals surface area (Å²) in [7, 11) is 1.61. The Hall–Kier alpha value is -1.51. The lowest BCUT2D eigenvalue weighted by Crippen LogP contribution is -2.09. The molecule has 0 saturated heterocycles. The summed E-state index contributed by atoms with van der Waals surface area (Å²) in [5.74, 6) is 0.772. The van der Waals surface area contributed by atoms with E-state index in [9.17, 15) is 4.79 Å². The predicted octanol–water partition coefficient (Wildman–Crippen LogP) is 2.35. The highest BCUT2D eigenvalue weighted by Crippen LogP contribution is 2.20. The number of aryl methyl sites for hydroxylation is 1. The molecule has 1 amide bonds. The molecule has 76 valence electrons. The minimum atomic E-state index is 0.0117. The van der Waals surface area contributed by atoms with Crippen molar-refractivity contribution >= 4 is 11.6 Å². The molecule has 0 unspecified atom stereocenters. The number of amides is 1. The number of ether oxygens (including phenoxy) is 1. The molecule has 14 heavy (non-hydrogen) atoms. The van der Waals surface area contributed by atoms with Crippen LogP contribution in [0.5, 0.6) is 5.75 Å². The topological polar surface area (TPSA) is 38.3 Å². The summed E-state index contributed by atoms with van der Waals surface area (Å²) in [5, 5.41) is 2.79. The molecule has 0 bridgehead atoms. The van der Waals surface area contributed by atoms with Gasteiger partial charge < -0.3 is 10.1 Å². The van der Waals surface area contributed by atoms with Crippen LogP contribution in [0.4, 0.5) is 5.69 Å². The Balaban J connectivity index is 2.86. The molecule has 0 aliphatic rings. The molecular formula is C11H15NO2. The van der Waals surface area contributed by atoms with Crippen molar-refractivity contribution < 1.29 is 9.53 Å². The van der Waals surface area contributed by atoms with Gasteiger partial charge in [0.2, 0.25) is 5.91 Å². The molecule has 3 heteroatoms. The Morgan fingerprint density at radius 2 is 2.14 bits per heavy atom. The fourth-order valence-electron chi connectivity index (χ4n) is 1.19. The standard InChI is InChI=1S/C11H15NO2/c1-4-11(13)12-9-5-8(2)6-10(7-9)14-3/h5-7H,4H2,1-3H3,(H,12,13). The number of carbonyl (C=O) groups excluding carboxylic acids is 1. The van der Waals surface area contributed by atoms with E-state index >= 15 is 0 Å². The molecule has 0 radical (unpaired) electrons. The maximum Gasteiger partial charge on any atom is 0.224 e. The summed E-state index contributed by atoms with van der Waals surface area (Å²) in [6.07, 6.45) is 0.482. The van der Waals surface area contributed by atoms with Gasteiger partial charge in [0, 0.05) is 18.2 Å². The molecule has 1 rings (SSSR count). The molecule has 0 atom stereocenters. The zero-order valence-corrected chi connectivity index (χ0v) is 8.76. The quantitative estimate of drug-likeness (QED) is 0.800. The van der Waals surface area contributed by atoms with Crippen molar-refractivity contribution in [3.05, 3.63) is 23.8 Å². The third kappa shape index (κ3) is 2.76. The number of hydrogen-bond acceptors (Lipinski definition) is 2. The molecule has 3 nitrogen and oxygen atoms in total. The van der Waals surface area contributed by atoms with Crippen molar-refractivity contribution in [2.75, 3.05) is 12.4 Å². The molecular weight excluding hydrogens is 178 g/mol. The summed E-state index contributed by atoms with van der Waals surface area (Å²) in [6.45, 7) is 3.78. The van der Waals surface area contributed by atoms with E-state index in [0.717, 1.165) is 17.0 Å². The first-order chi connectivity index (χ1) is 6.65. The second kappa shape index (κ2) is 4.65. The number of benzene rings is 1. The van der Waals surface area contributed by atoms with E-state index < -0.39 is 0 Å². The molecule has 0 fully saturated rings. The summed E-state index contributed by atoms with van der Waals surface area (Å²) in [6, 6.07) is 5.64. The minimum Gasteiger partial charge on any atom is -0.497 e. The van der Waals surface area contributed by atoms with Gasteiger partial charge in [-0.05, 0) is 24.6 Å². The van der Waals surface area contributed by atoms with Gasteiger partial charge in [-0.3, -0.25) is 4.79 Å². The fourth-order valence-corrected chi connectivity index (χ4v) is 1.19. The highest BCUT2D eigenvalue weighted by Gasteiger charge is 2.01. The Bertz CT molecular complexity index is 334. The summed E-state index contributed by atoms with van der Waals surface area (Å²) < 4.78 is 5.10. The van der Waals surface area contributed by atoms with Crippen LogP contribution >= 0.6 is 0 Å². The Labute approximate surface area is 84.1 Å². The Kier molecular flexibility index (Phi) is 3.51. The van der Waals surface area contributed by atoms with Gasteiger partial charge >= 0.3 is 0 Å². The molecule has 0 aliphatic heterocycles. The average molecular weight is 193 g/mol. The molecule has 0 aromatic heterocycles. The van der Waals surface area contributed by atoms with Crippen LogP contribution in [-0.2, 0) is 4.79 Å². The van der Waals surface area contributed by atoms with E-state index in [2.05, 4.69) is 5.32 Å². The van der Waals surface area contributed by atoms with Crippen molar-refractivity contribution in [2.45, 2.75) is 20.3 Å². The lowest BCUT2D eigenvalue weighted by Gasteiger charge is -2.07. The van der Waals surface area contributed by atoms with Gasteiger partial charge in [-0.2, -0.15) is 0 Å². The van der Waals surface area contributed by atoms with Gasteiger partial charge in [-0.25, -0.2) is 0 Å². The van der Waals surface area contributed by atoms with Crippen molar-refractivity contribution in [3.8, 4) is 5.75 Å². The van der Waals surface area contributed by atoms with Crippen molar-refractivity contribution in [1.29, 1.82) is 0 Å².